The average molecular weight is 337 g/mol. The molecule has 1 aromatic heterocycles. The van der Waals surface area contributed by atoms with Gasteiger partial charge in [-0.2, -0.15) is 11.3 Å². The Morgan fingerprint density at radius 1 is 1.05 bits per heavy atom. The number of benzene rings is 1. The average Bonchev–Trinajstić information content (AvgIpc) is 3.10. The molecule has 4 heterocycles. The molecule has 3 aliphatic rings. The number of rotatable bonds is 2. The molecule has 0 spiro atoms. The molecule has 0 N–H and O–H groups in total. The van der Waals surface area contributed by atoms with Gasteiger partial charge in [0.1, 0.15) is 0 Å². The first-order chi connectivity index (χ1) is 10.0. The highest BCUT2D eigenvalue weighted by Gasteiger charge is 2.28. The Morgan fingerprint density at radius 2 is 1.67 bits per heavy atom. The lowest BCUT2D eigenvalue weighted by Gasteiger charge is -2.19. The zero-order valence-corrected chi connectivity index (χ0v) is 15.2. The summed E-state index contributed by atoms with van der Waals surface area (Å²) in [5.74, 6) is 0. The molecule has 5 heteroatoms. The molecule has 0 unspecified atom stereocenters. The molecular formula is C16H20O2S2Si. The van der Waals surface area contributed by atoms with Crippen molar-refractivity contribution in [3.05, 3.63) is 41.3 Å². The minimum atomic E-state index is -1.23. The summed E-state index contributed by atoms with van der Waals surface area (Å²) >= 11 is 3.70. The van der Waals surface area contributed by atoms with Crippen LogP contribution >= 0.6 is 23.1 Å². The summed E-state index contributed by atoms with van der Waals surface area (Å²) in [5, 5.41) is 2.15. The Labute approximate surface area is 135 Å². The zero-order chi connectivity index (χ0) is 14.9. The second kappa shape index (κ2) is 6.26. The van der Waals surface area contributed by atoms with Crippen LogP contribution < -0.4 is 4.50 Å². The summed E-state index contributed by atoms with van der Waals surface area (Å²) in [6.45, 7) is 8.53. The lowest BCUT2D eigenvalue weighted by atomic mass is 10.3. The largest absolute Gasteiger partial charge is 0.346 e. The van der Waals surface area contributed by atoms with Crippen molar-refractivity contribution in [3.8, 4) is 0 Å². The van der Waals surface area contributed by atoms with Crippen LogP contribution in [0.1, 0.15) is 11.9 Å². The van der Waals surface area contributed by atoms with Crippen LogP contribution in [0, 0.1) is 0 Å². The SMILES string of the molecule is C[Si](C)(C)c1sccc1C1OCCO1.c1cc2cc(c1)S2. The summed E-state index contributed by atoms with van der Waals surface area (Å²) in [4.78, 5) is 2.80. The van der Waals surface area contributed by atoms with Crippen molar-refractivity contribution in [2.75, 3.05) is 13.2 Å². The predicted molar refractivity (Wildman–Crippen MR) is 92.5 cm³/mol. The lowest BCUT2D eigenvalue weighted by molar-refractivity contribution is -0.0431. The smallest absolute Gasteiger partial charge is 0.184 e. The molecule has 5 rings (SSSR count). The molecule has 2 bridgehead atoms. The van der Waals surface area contributed by atoms with E-state index in [0.717, 1.165) is 13.2 Å². The summed E-state index contributed by atoms with van der Waals surface area (Å²) in [6, 6.07) is 10.7. The Morgan fingerprint density at radius 3 is 2.10 bits per heavy atom. The van der Waals surface area contributed by atoms with Gasteiger partial charge in [-0.3, -0.25) is 0 Å². The van der Waals surface area contributed by atoms with E-state index >= 15 is 0 Å². The van der Waals surface area contributed by atoms with Crippen molar-refractivity contribution >= 4 is 35.7 Å². The second-order valence-electron chi connectivity index (χ2n) is 6.11. The molecule has 0 atom stereocenters. The lowest BCUT2D eigenvalue weighted by Crippen LogP contribution is -2.38. The van der Waals surface area contributed by atoms with E-state index in [4.69, 9.17) is 9.47 Å². The maximum atomic E-state index is 5.54. The van der Waals surface area contributed by atoms with Crippen LogP contribution in [0.25, 0.3) is 0 Å². The van der Waals surface area contributed by atoms with E-state index in [1.165, 1.54) is 19.9 Å². The highest BCUT2D eigenvalue weighted by molar-refractivity contribution is 8.00. The molecule has 1 fully saturated rings. The monoisotopic (exact) mass is 336 g/mol. The first-order valence-electron chi connectivity index (χ1n) is 7.13. The van der Waals surface area contributed by atoms with Gasteiger partial charge in [-0.15, -0.1) is 0 Å². The number of ether oxygens (including phenoxy) is 2. The minimum absolute atomic E-state index is 0.0945. The van der Waals surface area contributed by atoms with Gasteiger partial charge in [0, 0.05) is 15.4 Å². The van der Waals surface area contributed by atoms with E-state index in [1.807, 2.05) is 23.1 Å². The van der Waals surface area contributed by atoms with Crippen molar-refractivity contribution in [3.63, 3.8) is 0 Å². The highest BCUT2D eigenvalue weighted by atomic mass is 32.2. The van der Waals surface area contributed by atoms with Crippen LogP contribution in [-0.2, 0) is 9.47 Å². The maximum Gasteiger partial charge on any atom is 0.184 e. The highest BCUT2D eigenvalue weighted by Crippen LogP contribution is 2.37. The third-order valence-corrected chi connectivity index (χ3v) is 8.86. The van der Waals surface area contributed by atoms with Gasteiger partial charge >= 0.3 is 0 Å². The van der Waals surface area contributed by atoms with Gasteiger partial charge in [0.25, 0.3) is 0 Å². The molecule has 0 radical (unpaired) electrons. The normalized spacial score (nSPS) is 17.1. The quantitative estimate of drug-likeness (QED) is 0.642. The van der Waals surface area contributed by atoms with E-state index < -0.39 is 8.07 Å². The molecule has 112 valence electrons. The molecule has 1 aromatic carbocycles. The van der Waals surface area contributed by atoms with Crippen LogP contribution in [0.2, 0.25) is 19.6 Å². The van der Waals surface area contributed by atoms with Crippen molar-refractivity contribution < 1.29 is 9.47 Å². The van der Waals surface area contributed by atoms with Crippen LogP contribution in [0.3, 0.4) is 0 Å². The molecule has 0 saturated carbocycles. The standard InChI is InChI=1S/C10H16O2SSi.C6H4S/c1-14(2,3)10-8(4-7-13-10)9-11-5-6-12-9;1-2-5-4-6(3-1)7-5/h4,7,9H,5-6H2,1-3H3;1-4H. The molecule has 2 nitrogen and oxygen atoms in total. The molecule has 0 aliphatic carbocycles. The van der Waals surface area contributed by atoms with Gasteiger partial charge in [-0.25, -0.2) is 0 Å². The van der Waals surface area contributed by atoms with E-state index in [9.17, 15) is 0 Å². The Balaban J connectivity index is 0.000000156. The first-order valence-corrected chi connectivity index (χ1v) is 12.3. The topological polar surface area (TPSA) is 18.5 Å². The Kier molecular flexibility index (Phi) is 4.56. The van der Waals surface area contributed by atoms with E-state index in [-0.39, 0.29) is 6.29 Å². The molecular weight excluding hydrogens is 316 g/mol. The van der Waals surface area contributed by atoms with E-state index in [2.05, 4.69) is 55.4 Å². The van der Waals surface area contributed by atoms with Crippen molar-refractivity contribution in [1.29, 1.82) is 0 Å². The fourth-order valence-electron chi connectivity index (χ4n) is 2.33. The molecule has 0 amide bonds. The van der Waals surface area contributed by atoms with Gasteiger partial charge in [-0.1, -0.05) is 37.5 Å². The third kappa shape index (κ3) is 3.60. The van der Waals surface area contributed by atoms with Gasteiger partial charge < -0.3 is 9.47 Å². The van der Waals surface area contributed by atoms with Crippen molar-refractivity contribution in [2.24, 2.45) is 0 Å². The number of hydrogen-bond donors (Lipinski definition) is 0. The van der Waals surface area contributed by atoms with Gasteiger partial charge in [-0.05, 0) is 34.1 Å². The summed E-state index contributed by atoms with van der Waals surface area (Å²) in [7, 11) is -1.23. The van der Waals surface area contributed by atoms with Gasteiger partial charge in [0.15, 0.2) is 6.29 Å². The molecule has 2 aromatic rings. The Hall–Kier alpha value is -0.593. The fraction of sp³-hybridized carbons (Fsp3) is 0.375. The second-order valence-corrected chi connectivity index (χ2v) is 13.5. The van der Waals surface area contributed by atoms with Crippen LogP contribution in [-0.4, -0.2) is 21.3 Å². The molecule has 1 saturated heterocycles. The molecule has 3 aliphatic heterocycles. The number of fused-ring (bicyclic) bond motifs is 2. The van der Waals surface area contributed by atoms with Crippen LogP contribution in [0.15, 0.2) is 45.5 Å². The number of thiophene rings is 1. The van der Waals surface area contributed by atoms with Gasteiger partial charge in [0.2, 0.25) is 0 Å². The summed E-state index contributed by atoms with van der Waals surface area (Å²) in [6.07, 6.45) is -0.0945. The summed E-state index contributed by atoms with van der Waals surface area (Å²) in [5.41, 5.74) is 1.27. The van der Waals surface area contributed by atoms with Crippen LogP contribution in [0.5, 0.6) is 0 Å². The predicted octanol–water partition coefficient (Wildman–Crippen LogP) is 4.49. The van der Waals surface area contributed by atoms with Crippen molar-refractivity contribution in [2.45, 2.75) is 35.7 Å². The summed E-state index contributed by atoms with van der Waals surface area (Å²) < 4.78 is 12.6. The number of hydrogen-bond acceptors (Lipinski definition) is 4. The molecule has 21 heavy (non-hydrogen) atoms. The third-order valence-electron chi connectivity index (χ3n) is 3.29. The minimum Gasteiger partial charge on any atom is -0.346 e. The zero-order valence-electron chi connectivity index (χ0n) is 12.6. The van der Waals surface area contributed by atoms with Crippen molar-refractivity contribution in [1.82, 2.24) is 0 Å². The first kappa shape index (κ1) is 15.3. The van der Waals surface area contributed by atoms with Gasteiger partial charge in [0.05, 0.1) is 21.3 Å². The van der Waals surface area contributed by atoms with E-state index in [1.54, 1.807) is 0 Å². The Bertz CT molecular complexity index is 588. The van der Waals surface area contributed by atoms with E-state index in [0.29, 0.717) is 0 Å². The fourth-order valence-corrected chi connectivity index (χ4v) is 6.42. The van der Waals surface area contributed by atoms with Crippen LogP contribution in [0.4, 0.5) is 0 Å². The maximum absolute atomic E-state index is 5.54.